The molecule has 0 radical (unpaired) electrons. The van der Waals surface area contributed by atoms with Gasteiger partial charge >= 0.3 is 12.1 Å². The Morgan fingerprint density at radius 1 is 0.952 bits per heavy atom. The van der Waals surface area contributed by atoms with Crippen LogP contribution < -0.4 is 4.90 Å². The number of amides is 2. The van der Waals surface area contributed by atoms with Gasteiger partial charge in [-0.05, 0) is 41.0 Å². The van der Waals surface area contributed by atoms with Gasteiger partial charge in [-0.1, -0.05) is 48.5 Å². The quantitative estimate of drug-likeness (QED) is 0.375. The fourth-order valence-electron chi connectivity index (χ4n) is 4.73. The number of piperazine rings is 1. The number of anilines is 1. The monoisotopic (exact) mass is 580 g/mol. The molecule has 0 saturated carbocycles. The summed E-state index contributed by atoms with van der Waals surface area (Å²) in [5.41, 5.74) is 1.61. The molecule has 1 aliphatic heterocycles. The first-order valence-corrected chi connectivity index (χ1v) is 13.4. The number of nitrogens with zero attached hydrogens (tertiary/aromatic N) is 4. The first-order valence-electron chi connectivity index (χ1n) is 13.4. The third-order valence-electron chi connectivity index (χ3n) is 7.09. The van der Waals surface area contributed by atoms with Gasteiger partial charge in [-0.15, -0.1) is 0 Å². The maximum absolute atomic E-state index is 13.4. The van der Waals surface area contributed by atoms with Gasteiger partial charge in [0, 0.05) is 64.0 Å². The van der Waals surface area contributed by atoms with Gasteiger partial charge < -0.3 is 19.8 Å². The van der Waals surface area contributed by atoms with Crippen LogP contribution in [0.2, 0.25) is 0 Å². The Hall–Kier alpha value is -4.67. The summed E-state index contributed by atoms with van der Waals surface area (Å²) in [5, 5.41) is 10.1. The van der Waals surface area contributed by atoms with Crippen LogP contribution in [0.3, 0.4) is 0 Å². The van der Waals surface area contributed by atoms with E-state index in [1.807, 2.05) is 30.3 Å². The van der Waals surface area contributed by atoms with E-state index in [0.29, 0.717) is 31.7 Å². The Bertz CT molecular complexity index is 1400. The molecule has 0 bridgehead atoms. The van der Waals surface area contributed by atoms with E-state index < -0.39 is 29.8 Å². The summed E-state index contributed by atoms with van der Waals surface area (Å²) in [7, 11) is 0. The van der Waals surface area contributed by atoms with Crippen LogP contribution in [0.15, 0.2) is 79.0 Å². The number of carboxylic acid groups (broad SMARTS) is 1. The molecule has 1 aromatic heterocycles. The van der Waals surface area contributed by atoms with E-state index in [1.54, 1.807) is 36.1 Å². The first kappa shape index (κ1) is 30.3. The number of pyridine rings is 1. The number of aromatic nitrogens is 1. The molecule has 2 aromatic carbocycles. The number of carbonyl (C=O) groups excluding carboxylic acids is 2. The summed E-state index contributed by atoms with van der Waals surface area (Å²) in [5.74, 6) is -1.75. The Labute approximate surface area is 241 Å². The van der Waals surface area contributed by atoms with Crippen LogP contribution in [0.25, 0.3) is 6.08 Å². The summed E-state index contributed by atoms with van der Waals surface area (Å²) in [6.07, 6.45) is -1.05. The molecule has 0 aliphatic carbocycles. The van der Waals surface area contributed by atoms with Gasteiger partial charge in [-0.25, -0.2) is 4.79 Å². The van der Waals surface area contributed by atoms with Gasteiger partial charge in [0.15, 0.2) is 0 Å². The van der Waals surface area contributed by atoms with E-state index in [2.05, 4.69) is 9.88 Å². The summed E-state index contributed by atoms with van der Waals surface area (Å²) in [6, 6.07) is 17.2. The van der Waals surface area contributed by atoms with Gasteiger partial charge in [-0.2, -0.15) is 13.2 Å². The van der Waals surface area contributed by atoms with Crippen LogP contribution in [-0.4, -0.2) is 69.9 Å². The van der Waals surface area contributed by atoms with Crippen molar-refractivity contribution in [2.24, 2.45) is 0 Å². The maximum atomic E-state index is 13.4. The molecule has 1 unspecified atom stereocenters. The highest BCUT2D eigenvalue weighted by atomic mass is 19.4. The average Bonchev–Trinajstić information content (AvgIpc) is 2.98. The molecule has 220 valence electrons. The van der Waals surface area contributed by atoms with Crippen LogP contribution in [-0.2, 0) is 33.5 Å². The lowest BCUT2D eigenvalue weighted by atomic mass is 10.0. The number of halogens is 3. The van der Waals surface area contributed by atoms with E-state index in [1.165, 1.54) is 17.0 Å². The minimum absolute atomic E-state index is 0.00334. The molecule has 11 heteroatoms. The molecule has 1 saturated heterocycles. The Morgan fingerprint density at radius 2 is 1.62 bits per heavy atom. The fourth-order valence-corrected chi connectivity index (χ4v) is 4.73. The predicted molar refractivity (Wildman–Crippen MR) is 151 cm³/mol. The van der Waals surface area contributed by atoms with Crippen LogP contribution in [0.1, 0.15) is 29.3 Å². The van der Waals surface area contributed by atoms with Gasteiger partial charge in [0.1, 0.15) is 11.7 Å². The zero-order valence-corrected chi connectivity index (χ0v) is 23.0. The van der Waals surface area contributed by atoms with Crippen molar-refractivity contribution in [3.05, 3.63) is 101 Å². The standard InChI is InChI=1S/C31H31F3N4O4/c1-22(39)36-15-17-37(18-16-36)26-11-7-25(8-12-26)21-38(27(30(41)42)19-23-5-3-2-4-6-23)29(40)14-10-24-9-13-28(35-20-24)31(32,33)34/h2-14,20,27H,15-19,21H2,1H3,(H,41,42). The molecule has 8 nitrogen and oxygen atoms in total. The predicted octanol–water partition coefficient (Wildman–Crippen LogP) is 4.51. The second kappa shape index (κ2) is 13.3. The van der Waals surface area contributed by atoms with E-state index in [9.17, 15) is 32.7 Å². The van der Waals surface area contributed by atoms with E-state index >= 15 is 0 Å². The SMILES string of the molecule is CC(=O)N1CCN(c2ccc(CN(C(=O)C=Cc3ccc(C(F)(F)F)nc3)C(Cc3ccccc3)C(=O)O)cc2)CC1. The third kappa shape index (κ3) is 7.96. The van der Waals surface area contributed by atoms with Gasteiger partial charge in [-0.3, -0.25) is 14.6 Å². The number of alkyl halides is 3. The van der Waals surface area contributed by atoms with Crippen molar-refractivity contribution < 1.29 is 32.7 Å². The number of aliphatic carboxylic acids is 1. The number of hydrogen-bond donors (Lipinski definition) is 1. The second-order valence-electron chi connectivity index (χ2n) is 9.98. The summed E-state index contributed by atoms with van der Waals surface area (Å²) in [4.78, 5) is 46.0. The topological polar surface area (TPSA) is 94.1 Å². The number of carboxylic acids is 1. The lowest BCUT2D eigenvalue weighted by Crippen LogP contribution is -2.48. The molecular weight excluding hydrogens is 549 g/mol. The fraction of sp³-hybridized carbons (Fsp3) is 0.290. The normalized spacial score (nSPS) is 14.6. The molecule has 1 atom stereocenters. The van der Waals surface area contributed by atoms with Crippen molar-refractivity contribution in [3.8, 4) is 0 Å². The molecule has 1 fully saturated rings. The molecular formula is C31H31F3N4O4. The second-order valence-corrected chi connectivity index (χ2v) is 9.98. The first-order chi connectivity index (χ1) is 20.0. The molecule has 3 aromatic rings. The summed E-state index contributed by atoms with van der Waals surface area (Å²) >= 11 is 0. The van der Waals surface area contributed by atoms with Crippen LogP contribution in [0.5, 0.6) is 0 Å². The highest BCUT2D eigenvalue weighted by molar-refractivity contribution is 5.94. The molecule has 42 heavy (non-hydrogen) atoms. The van der Waals surface area contributed by atoms with Crippen molar-refractivity contribution in [1.82, 2.24) is 14.8 Å². The highest BCUT2D eigenvalue weighted by Gasteiger charge is 2.32. The van der Waals surface area contributed by atoms with Gasteiger partial charge in [0.2, 0.25) is 11.8 Å². The molecule has 1 N–H and O–H groups in total. The summed E-state index contributed by atoms with van der Waals surface area (Å²) in [6.45, 7) is 4.17. The molecule has 4 rings (SSSR count). The lowest BCUT2D eigenvalue weighted by Gasteiger charge is -2.35. The number of benzene rings is 2. The van der Waals surface area contributed by atoms with Crippen LogP contribution >= 0.6 is 0 Å². The van der Waals surface area contributed by atoms with Crippen molar-refractivity contribution >= 4 is 29.5 Å². The zero-order chi connectivity index (χ0) is 30.3. The van der Waals surface area contributed by atoms with Crippen molar-refractivity contribution in [3.63, 3.8) is 0 Å². The average molecular weight is 581 g/mol. The van der Waals surface area contributed by atoms with E-state index in [0.717, 1.165) is 29.6 Å². The largest absolute Gasteiger partial charge is 0.480 e. The van der Waals surface area contributed by atoms with Crippen LogP contribution in [0, 0.1) is 0 Å². The molecule has 2 heterocycles. The highest BCUT2D eigenvalue weighted by Crippen LogP contribution is 2.27. The zero-order valence-electron chi connectivity index (χ0n) is 23.0. The van der Waals surface area contributed by atoms with Crippen LogP contribution in [0.4, 0.5) is 18.9 Å². The number of hydrogen-bond acceptors (Lipinski definition) is 5. The number of rotatable bonds is 9. The maximum Gasteiger partial charge on any atom is 0.433 e. The van der Waals surface area contributed by atoms with Crippen molar-refractivity contribution in [2.75, 3.05) is 31.1 Å². The van der Waals surface area contributed by atoms with Gasteiger partial charge in [0.05, 0.1) is 0 Å². The van der Waals surface area contributed by atoms with E-state index in [4.69, 9.17) is 0 Å². The Kier molecular flexibility index (Phi) is 9.61. The minimum Gasteiger partial charge on any atom is -0.480 e. The molecule has 1 aliphatic rings. The lowest BCUT2D eigenvalue weighted by molar-refractivity contribution is -0.148. The molecule has 2 amide bonds. The minimum atomic E-state index is -4.58. The third-order valence-corrected chi connectivity index (χ3v) is 7.09. The van der Waals surface area contributed by atoms with Gasteiger partial charge in [0.25, 0.3) is 0 Å². The Balaban J connectivity index is 1.54. The Morgan fingerprint density at radius 3 is 2.17 bits per heavy atom. The number of carbonyl (C=O) groups is 3. The smallest absolute Gasteiger partial charge is 0.433 e. The molecule has 0 spiro atoms. The van der Waals surface area contributed by atoms with Crippen molar-refractivity contribution in [2.45, 2.75) is 32.1 Å². The summed E-state index contributed by atoms with van der Waals surface area (Å²) < 4.78 is 38.6. The van der Waals surface area contributed by atoms with E-state index in [-0.39, 0.29) is 24.4 Å². The van der Waals surface area contributed by atoms with Crippen molar-refractivity contribution in [1.29, 1.82) is 0 Å².